The standard InChI is InChI=1S/C23H28BrClN2O4/c1-4-5-11-26-23(29)16(2)27(14-17-7-6-8-19(12-17)30-3)22(28)15-31-21-10-9-18(25)13-20(21)24/h6-10,12-13,16H,4-5,11,14-15H2,1-3H3,(H,26,29)/t16-/m0/s1. The molecule has 8 heteroatoms. The number of unbranched alkanes of at least 4 members (excludes halogenated alkanes) is 1. The summed E-state index contributed by atoms with van der Waals surface area (Å²) in [7, 11) is 1.59. The minimum Gasteiger partial charge on any atom is -0.497 e. The van der Waals surface area contributed by atoms with E-state index in [0.717, 1.165) is 18.4 Å². The number of ether oxygens (including phenoxy) is 2. The highest BCUT2D eigenvalue weighted by atomic mass is 79.9. The Hall–Kier alpha value is -2.25. The minimum absolute atomic E-state index is 0.197. The number of carbonyl (C=O) groups is 2. The Kier molecular flexibility index (Phi) is 10.1. The van der Waals surface area contributed by atoms with Crippen LogP contribution in [-0.2, 0) is 16.1 Å². The predicted molar refractivity (Wildman–Crippen MR) is 126 cm³/mol. The molecule has 0 saturated carbocycles. The van der Waals surface area contributed by atoms with Gasteiger partial charge in [0.25, 0.3) is 5.91 Å². The second kappa shape index (κ2) is 12.6. The van der Waals surface area contributed by atoms with E-state index in [1.54, 1.807) is 32.2 Å². The molecule has 0 aliphatic rings. The SMILES string of the molecule is CCCCNC(=O)[C@H](C)N(Cc1cccc(OC)c1)C(=O)COc1ccc(Cl)cc1Br. The summed E-state index contributed by atoms with van der Waals surface area (Å²) in [5.41, 5.74) is 0.855. The van der Waals surface area contributed by atoms with E-state index < -0.39 is 6.04 Å². The van der Waals surface area contributed by atoms with Crippen molar-refractivity contribution in [3.8, 4) is 11.5 Å². The molecule has 0 radical (unpaired) electrons. The van der Waals surface area contributed by atoms with E-state index in [1.807, 2.05) is 24.3 Å². The van der Waals surface area contributed by atoms with Crippen molar-refractivity contribution in [1.29, 1.82) is 0 Å². The van der Waals surface area contributed by atoms with Gasteiger partial charge in [-0.15, -0.1) is 0 Å². The van der Waals surface area contributed by atoms with Crippen LogP contribution in [0.5, 0.6) is 11.5 Å². The van der Waals surface area contributed by atoms with E-state index >= 15 is 0 Å². The number of rotatable bonds is 11. The number of hydrogen-bond acceptors (Lipinski definition) is 4. The second-order valence-electron chi connectivity index (χ2n) is 7.06. The van der Waals surface area contributed by atoms with Crippen LogP contribution in [0.1, 0.15) is 32.3 Å². The summed E-state index contributed by atoms with van der Waals surface area (Å²) in [6, 6.07) is 11.8. The molecular formula is C23H28BrClN2O4. The molecule has 0 unspecified atom stereocenters. The van der Waals surface area contributed by atoms with E-state index in [1.165, 1.54) is 4.90 Å². The van der Waals surface area contributed by atoms with E-state index in [0.29, 0.717) is 27.5 Å². The topological polar surface area (TPSA) is 67.9 Å². The van der Waals surface area contributed by atoms with E-state index in [2.05, 4.69) is 28.2 Å². The van der Waals surface area contributed by atoms with Gasteiger partial charge in [-0.2, -0.15) is 0 Å². The van der Waals surface area contributed by atoms with Crippen molar-refractivity contribution < 1.29 is 19.1 Å². The maximum absolute atomic E-state index is 13.1. The summed E-state index contributed by atoms with van der Waals surface area (Å²) in [6.45, 7) is 4.40. The van der Waals surface area contributed by atoms with Crippen LogP contribution in [0, 0.1) is 0 Å². The molecule has 168 valence electrons. The van der Waals surface area contributed by atoms with Gasteiger partial charge >= 0.3 is 0 Å². The van der Waals surface area contributed by atoms with Gasteiger partial charge in [-0.3, -0.25) is 9.59 Å². The maximum atomic E-state index is 13.1. The van der Waals surface area contributed by atoms with Gasteiger partial charge < -0.3 is 19.7 Å². The Labute approximate surface area is 197 Å². The van der Waals surface area contributed by atoms with Crippen LogP contribution in [0.25, 0.3) is 0 Å². The highest BCUT2D eigenvalue weighted by Gasteiger charge is 2.26. The van der Waals surface area contributed by atoms with Crippen molar-refractivity contribution in [2.24, 2.45) is 0 Å². The molecule has 0 saturated heterocycles. The predicted octanol–water partition coefficient (Wildman–Crippen LogP) is 4.82. The average molecular weight is 512 g/mol. The highest BCUT2D eigenvalue weighted by Crippen LogP contribution is 2.28. The van der Waals surface area contributed by atoms with E-state index in [4.69, 9.17) is 21.1 Å². The number of carbonyl (C=O) groups excluding carboxylic acids is 2. The first-order valence-corrected chi connectivity index (χ1v) is 11.3. The third kappa shape index (κ3) is 7.74. The fraction of sp³-hybridized carbons (Fsp3) is 0.391. The van der Waals surface area contributed by atoms with Crippen LogP contribution >= 0.6 is 27.5 Å². The first-order valence-electron chi connectivity index (χ1n) is 10.1. The number of nitrogens with one attached hydrogen (secondary N) is 1. The zero-order valence-corrected chi connectivity index (χ0v) is 20.3. The number of benzene rings is 2. The zero-order valence-electron chi connectivity index (χ0n) is 18.0. The molecule has 1 atom stereocenters. The molecule has 0 aliphatic carbocycles. The summed E-state index contributed by atoms with van der Waals surface area (Å²) in [5, 5.41) is 3.45. The fourth-order valence-electron chi connectivity index (χ4n) is 2.90. The minimum atomic E-state index is -0.659. The van der Waals surface area contributed by atoms with Gasteiger partial charge in [-0.25, -0.2) is 0 Å². The lowest BCUT2D eigenvalue weighted by molar-refractivity contribution is -0.142. The lowest BCUT2D eigenvalue weighted by Gasteiger charge is -2.29. The normalized spacial score (nSPS) is 11.5. The molecule has 6 nitrogen and oxygen atoms in total. The Bertz CT molecular complexity index is 894. The number of amides is 2. The summed E-state index contributed by atoms with van der Waals surface area (Å²) in [4.78, 5) is 27.2. The molecule has 2 aromatic rings. The van der Waals surface area contributed by atoms with Crippen LogP contribution in [0.2, 0.25) is 5.02 Å². The van der Waals surface area contributed by atoms with Gasteiger partial charge in [0.15, 0.2) is 6.61 Å². The second-order valence-corrected chi connectivity index (χ2v) is 8.35. The van der Waals surface area contributed by atoms with Gasteiger partial charge in [0.2, 0.25) is 5.91 Å². The monoisotopic (exact) mass is 510 g/mol. The average Bonchev–Trinajstić information content (AvgIpc) is 2.76. The van der Waals surface area contributed by atoms with Crippen LogP contribution < -0.4 is 14.8 Å². The summed E-state index contributed by atoms with van der Waals surface area (Å²) in [5.74, 6) is 0.686. The Morgan fingerprint density at radius 2 is 2.00 bits per heavy atom. The largest absolute Gasteiger partial charge is 0.497 e. The Balaban J connectivity index is 2.16. The maximum Gasteiger partial charge on any atom is 0.261 e. The quantitative estimate of drug-likeness (QED) is 0.439. The molecule has 0 aliphatic heterocycles. The van der Waals surface area contributed by atoms with Gasteiger partial charge in [-0.05, 0) is 65.2 Å². The molecular weight excluding hydrogens is 484 g/mol. The third-order valence-corrected chi connectivity index (χ3v) is 5.58. The van der Waals surface area contributed by atoms with Gasteiger partial charge in [0, 0.05) is 18.1 Å². The van der Waals surface area contributed by atoms with Crippen molar-refractivity contribution in [3.05, 3.63) is 57.5 Å². The van der Waals surface area contributed by atoms with Gasteiger partial charge in [0.05, 0.1) is 11.6 Å². The Morgan fingerprint density at radius 3 is 2.68 bits per heavy atom. The van der Waals surface area contributed by atoms with Gasteiger partial charge in [-0.1, -0.05) is 37.1 Å². The van der Waals surface area contributed by atoms with Crippen LogP contribution in [0.15, 0.2) is 46.9 Å². The van der Waals surface area contributed by atoms with E-state index in [-0.39, 0.29) is 25.0 Å². The summed E-state index contributed by atoms with van der Waals surface area (Å²) >= 11 is 9.34. The number of nitrogens with zero attached hydrogens (tertiary/aromatic N) is 1. The molecule has 1 N–H and O–H groups in total. The molecule has 0 fully saturated rings. The smallest absolute Gasteiger partial charge is 0.261 e. The van der Waals surface area contributed by atoms with Crippen molar-refractivity contribution in [2.75, 3.05) is 20.3 Å². The molecule has 0 heterocycles. The van der Waals surface area contributed by atoms with Crippen molar-refractivity contribution >= 4 is 39.3 Å². The first kappa shape index (κ1) is 25.0. The van der Waals surface area contributed by atoms with Crippen molar-refractivity contribution in [2.45, 2.75) is 39.3 Å². The molecule has 0 spiro atoms. The van der Waals surface area contributed by atoms with Crippen molar-refractivity contribution in [3.63, 3.8) is 0 Å². The van der Waals surface area contributed by atoms with Crippen LogP contribution in [0.3, 0.4) is 0 Å². The van der Waals surface area contributed by atoms with Crippen LogP contribution in [0.4, 0.5) is 0 Å². The lowest BCUT2D eigenvalue weighted by Crippen LogP contribution is -2.49. The highest BCUT2D eigenvalue weighted by molar-refractivity contribution is 9.10. The molecule has 2 aromatic carbocycles. The zero-order chi connectivity index (χ0) is 22.8. The number of hydrogen-bond donors (Lipinski definition) is 1. The van der Waals surface area contributed by atoms with Crippen LogP contribution in [-0.4, -0.2) is 43.0 Å². The summed E-state index contributed by atoms with van der Waals surface area (Å²) in [6.07, 6.45) is 1.86. The van der Waals surface area contributed by atoms with Crippen molar-refractivity contribution in [1.82, 2.24) is 10.2 Å². The lowest BCUT2D eigenvalue weighted by atomic mass is 10.1. The molecule has 2 rings (SSSR count). The third-order valence-electron chi connectivity index (χ3n) is 4.73. The van der Waals surface area contributed by atoms with Gasteiger partial charge in [0.1, 0.15) is 17.5 Å². The number of methoxy groups -OCH3 is 1. The Morgan fingerprint density at radius 1 is 1.23 bits per heavy atom. The molecule has 2 amide bonds. The summed E-state index contributed by atoms with van der Waals surface area (Å²) < 4.78 is 11.6. The molecule has 0 bridgehead atoms. The fourth-order valence-corrected chi connectivity index (χ4v) is 3.70. The first-order chi connectivity index (χ1) is 14.8. The number of halogens is 2. The molecule has 0 aromatic heterocycles. The molecule has 31 heavy (non-hydrogen) atoms. The van der Waals surface area contributed by atoms with E-state index in [9.17, 15) is 9.59 Å².